The standard InChI is InChI=1S/C12H14F3NO/c1-2-3-7(16)6-10(17)8-4-5-9(13)12(15)11(8)14/h4-5,7H,2-3,6,16H2,1H3. The van der Waals surface area contributed by atoms with Gasteiger partial charge < -0.3 is 5.73 Å². The van der Waals surface area contributed by atoms with Gasteiger partial charge in [0.05, 0.1) is 5.56 Å². The molecule has 0 aliphatic rings. The largest absolute Gasteiger partial charge is 0.327 e. The third-order valence-corrected chi connectivity index (χ3v) is 2.44. The van der Waals surface area contributed by atoms with Crippen molar-refractivity contribution in [2.45, 2.75) is 32.2 Å². The summed E-state index contributed by atoms with van der Waals surface area (Å²) >= 11 is 0. The number of carbonyl (C=O) groups excluding carboxylic acids is 1. The molecular formula is C12H14F3NO. The molecule has 2 N–H and O–H groups in total. The van der Waals surface area contributed by atoms with Crippen molar-refractivity contribution in [3.05, 3.63) is 35.1 Å². The monoisotopic (exact) mass is 245 g/mol. The molecule has 0 spiro atoms. The lowest BCUT2D eigenvalue weighted by atomic mass is 10.0. The molecule has 2 nitrogen and oxygen atoms in total. The number of nitrogens with two attached hydrogens (primary N) is 1. The predicted molar refractivity (Wildman–Crippen MR) is 58.1 cm³/mol. The summed E-state index contributed by atoms with van der Waals surface area (Å²) in [6.07, 6.45) is 1.35. The summed E-state index contributed by atoms with van der Waals surface area (Å²) in [7, 11) is 0. The number of halogens is 3. The van der Waals surface area contributed by atoms with Crippen molar-refractivity contribution in [2.24, 2.45) is 5.73 Å². The molecule has 1 aromatic rings. The molecule has 0 radical (unpaired) electrons. The fourth-order valence-corrected chi connectivity index (χ4v) is 1.56. The van der Waals surface area contributed by atoms with E-state index < -0.39 is 28.8 Å². The highest BCUT2D eigenvalue weighted by Crippen LogP contribution is 2.17. The zero-order valence-corrected chi connectivity index (χ0v) is 9.47. The average molecular weight is 245 g/mol. The molecule has 0 saturated carbocycles. The Kier molecular flexibility index (Phi) is 4.69. The molecule has 94 valence electrons. The van der Waals surface area contributed by atoms with Crippen molar-refractivity contribution in [2.75, 3.05) is 0 Å². The fourth-order valence-electron chi connectivity index (χ4n) is 1.56. The molecule has 0 aliphatic heterocycles. The second kappa shape index (κ2) is 5.82. The van der Waals surface area contributed by atoms with Crippen LogP contribution < -0.4 is 5.73 Å². The first-order chi connectivity index (χ1) is 7.97. The van der Waals surface area contributed by atoms with E-state index in [2.05, 4.69) is 0 Å². The van der Waals surface area contributed by atoms with Crippen molar-refractivity contribution in [1.29, 1.82) is 0 Å². The van der Waals surface area contributed by atoms with Gasteiger partial charge in [0.1, 0.15) is 0 Å². The molecule has 0 amide bonds. The van der Waals surface area contributed by atoms with Gasteiger partial charge in [-0.3, -0.25) is 4.79 Å². The summed E-state index contributed by atoms with van der Waals surface area (Å²) in [6, 6.07) is 1.28. The zero-order chi connectivity index (χ0) is 13.0. The summed E-state index contributed by atoms with van der Waals surface area (Å²) in [4.78, 5) is 11.6. The van der Waals surface area contributed by atoms with Gasteiger partial charge in [0.25, 0.3) is 0 Å². The third kappa shape index (κ3) is 3.30. The van der Waals surface area contributed by atoms with Gasteiger partial charge in [-0.1, -0.05) is 13.3 Å². The molecule has 0 aliphatic carbocycles. The second-order valence-electron chi connectivity index (χ2n) is 3.90. The topological polar surface area (TPSA) is 43.1 Å². The maximum Gasteiger partial charge on any atom is 0.195 e. The zero-order valence-electron chi connectivity index (χ0n) is 9.47. The Morgan fingerprint density at radius 3 is 2.53 bits per heavy atom. The Morgan fingerprint density at radius 1 is 1.29 bits per heavy atom. The first-order valence-corrected chi connectivity index (χ1v) is 5.39. The van der Waals surface area contributed by atoms with Crippen LogP contribution in [0.15, 0.2) is 12.1 Å². The van der Waals surface area contributed by atoms with Gasteiger partial charge in [-0.15, -0.1) is 0 Å². The highest BCUT2D eigenvalue weighted by atomic mass is 19.2. The van der Waals surface area contributed by atoms with Crippen molar-refractivity contribution < 1.29 is 18.0 Å². The van der Waals surface area contributed by atoms with Gasteiger partial charge >= 0.3 is 0 Å². The number of hydrogen-bond acceptors (Lipinski definition) is 2. The van der Waals surface area contributed by atoms with Crippen LogP contribution in [0.4, 0.5) is 13.2 Å². The van der Waals surface area contributed by atoms with Gasteiger partial charge in [0.15, 0.2) is 23.2 Å². The number of carbonyl (C=O) groups is 1. The van der Waals surface area contributed by atoms with Crippen LogP contribution in [0.3, 0.4) is 0 Å². The van der Waals surface area contributed by atoms with Crippen LogP contribution in [0.25, 0.3) is 0 Å². The van der Waals surface area contributed by atoms with Gasteiger partial charge in [-0.25, -0.2) is 13.2 Å². The minimum atomic E-state index is -1.63. The molecule has 5 heteroatoms. The molecule has 1 atom stereocenters. The summed E-state index contributed by atoms with van der Waals surface area (Å²) in [6.45, 7) is 1.91. The molecule has 0 heterocycles. The van der Waals surface area contributed by atoms with Gasteiger partial charge in [-0.05, 0) is 18.6 Å². The van der Waals surface area contributed by atoms with Crippen molar-refractivity contribution >= 4 is 5.78 Å². The molecular weight excluding hydrogens is 231 g/mol. The SMILES string of the molecule is CCCC(N)CC(=O)c1ccc(F)c(F)c1F. The minimum absolute atomic E-state index is 0.0736. The molecule has 0 saturated heterocycles. The number of hydrogen-bond donors (Lipinski definition) is 1. The van der Waals surface area contributed by atoms with Crippen LogP contribution in [-0.2, 0) is 0 Å². The van der Waals surface area contributed by atoms with E-state index in [4.69, 9.17) is 5.73 Å². The molecule has 0 bridgehead atoms. The van der Waals surface area contributed by atoms with Crippen LogP contribution in [0.2, 0.25) is 0 Å². The van der Waals surface area contributed by atoms with Crippen LogP contribution in [0, 0.1) is 17.5 Å². The number of ketones is 1. The first kappa shape index (κ1) is 13.7. The van der Waals surface area contributed by atoms with E-state index in [9.17, 15) is 18.0 Å². The summed E-state index contributed by atoms with van der Waals surface area (Å²) in [5.74, 6) is -4.99. The number of benzene rings is 1. The van der Waals surface area contributed by atoms with Gasteiger partial charge in [-0.2, -0.15) is 0 Å². The molecule has 17 heavy (non-hydrogen) atoms. The van der Waals surface area contributed by atoms with E-state index in [0.717, 1.165) is 18.6 Å². The highest BCUT2D eigenvalue weighted by molar-refractivity contribution is 5.96. The van der Waals surface area contributed by atoms with Crippen LogP contribution in [0.1, 0.15) is 36.5 Å². The van der Waals surface area contributed by atoms with Crippen molar-refractivity contribution in [3.8, 4) is 0 Å². The molecule has 1 aromatic carbocycles. The summed E-state index contributed by atoms with van der Waals surface area (Å²) < 4.78 is 38.8. The quantitative estimate of drug-likeness (QED) is 0.640. The Balaban J connectivity index is 2.86. The van der Waals surface area contributed by atoms with Crippen molar-refractivity contribution in [1.82, 2.24) is 0 Å². The maximum atomic E-state index is 13.3. The molecule has 0 fully saturated rings. The average Bonchev–Trinajstić information content (AvgIpc) is 2.26. The highest BCUT2D eigenvalue weighted by Gasteiger charge is 2.20. The van der Waals surface area contributed by atoms with E-state index >= 15 is 0 Å². The first-order valence-electron chi connectivity index (χ1n) is 5.39. The fraction of sp³-hybridized carbons (Fsp3) is 0.417. The lowest BCUT2D eigenvalue weighted by molar-refractivity contribution is 0.0968. The second-order valence-corrected chi connectivity index (χ2v) is 3.90. The van der Waals surface area contributed by atoms with E-state index in [0.29, 0.717) is 6.42 Å². The third-order valence-electron chi connectivity index (χ3n) is 2.44. The lowest BCUT2D eigenvalue weighted by Crippen LogP contribution is -2.24. The maximum absolute atomic E-state index is 13.3. The normalized spacial score (nSPS) is 12.5. The predicted octanol–water partition coefficient (Wildman–Crippen LogP) is 2.80. The molecule has 0 aromatic heterocycles. The molecule has 1 unspecified atom stereocenters. The Bertz CT molecular complexity index is 420. The lowest BCUT2D eigenvalue weighted by Gasteiger charge is -2.09. The van der Waals surface area contributed by atoms with Gasteiger partial charge in [0.2, 0.25) is 0 Å². The number of rotatable bonds is 5. The van der Waals surface area contributed by atoms with Crippen LogP contribution >= 0.6 is 0 Å². The number of Topliss-reactive ketones (excluding diaryl/α,β-unsaturated/α-hetero) is 1. The molecule has 1 rings (SSSR count). The Labute approximate surface area is 97.6 Å². The van der Waals surface area contributed by atoms with Crippen LogP contribution in [0.5, 0.6) is 0 Å². The van der Waals surface area contributed by atoms with Crippen molar-refractivity contribution in [3.63, 3.8) is 0 Å². The van der Waals surface area contributed by atoms with E-state index in [1.807, 2.05) is 6.92 Å². The van der Waals surface area contributed by atoms with Gasteiger partial charge in [0, 0.05) is 12.5 Å². The van der Waals surface area contributed by atoms with E-state index in [1.54, 1.807) is 0 Å². The summed E-state index contributed by atoms with van der Waals surface area (Å²) in [5.41, 5.74) is 5.18. The Morgan fingerprint density at radius 2 is 1.94 bits per heavy atom. The van der Waals surface area contributed by atoms with Crippen LogP contribution in [-0.4, -0.2) is 11.8 Å². The van der Waals surface area contributed by atoms with E-state index in [1.165, 1.54) is 0 Å². The minimum Gasteiger partial charge on any atom is -0.327 e. The summed E-state index contributed by atoms with van der Waals surface area (Å²) in [5, 5.41) is 0. The Hall–Kier alpha value is -1.36. The smallest absolute Gasteiger partial charge is 0.195 e. The van der Waals surface area contributed by atoms with E-state index in [-0.39, 0.29) is 12.5 Å².